The van der Waals surface area contributed by atoms with E-state index in [9.17, 15) is 4.79 Å². The summed E-state index contributed by atoms with van der Waals surface area (Å²) in [4.78, 5) is 33.0. The van der Waals surface area contributed by atoms with Gasteiger partial charge in [0.1, 0.15) is 5.75 Å². The fourth-order valence-corrected chi connectivity index (χ4v) is 2.96. The van der Waals surface area contributed by atoms with E-state index in [1.54, 1.807) is 36.7 Å². The van der Waals surface area contributed by atoms with Gasteiger partial charge in [-0.2, -0.15) is 9.97 Å². The largest absolute Gasteiger partial charge is 0.511 e. The molecule has 3 heterocycles. The summed E-state index contributed by atoms with van der Waals surface area (Å²) in [5.41, 5.74) is 1.64. The molecule has 0 atom stereocenters. The molecule has 4 rings (SSSR count). The Hall–Kier alpha value is -3.53. The lowest BCUT2D eigenvalue weighted by atomic mass is 10.3. The number of hydrogen-bond acceptors (Lipinski definition) is 9. The minimum Gasteiger partial charge on any atom is -0.449 e. The minimum atomic E-state index is -1.37. The first-order chi connectivity index (χ1) is 13.6. The highest BCUT2D eigenvalue weighted by atomic mass is 16.7. The predicted molar refractivity (Wildman–Crippen MR) is 103 cm³/mol. The van der Waals surface area contributed by atoms with E-state index < -0.39 is 6.16 Å². The topological polar surface area (TPSA) is 117 Å². The number of hydrogen-bond donors (Lipinski definition) is 2. The second-order valence-electron chi connectivity index (χ2n) is 6.41. The number of aromatic nitrogens is 4. The second kappa shape index (κ2) is 7.61. The van der Waals surface area contributed by atoms with Crippen molar-refractivity contribution >= 4 is 34.8 Å². The van der Waals surface area contributed by atoms with E-state index in [1.165, 1.54) is 0 Å². The van der Waals surface area contributed by atoms with Crippen molar-refractivity contribution in [3.63, 3.8) is 0 Å². The molecule has 144 valence electrons. The van der Waals surface area contributed by atoms with Crippen molar-refractivity contribution in [1.29, 1.82) is 0 Å². The van der Waals surface area contributed by atoms with Crippen LogP contribution in [-0.2, 0) is 0 Å². The van der Waals surface area contributed by atoms with E-state index in [0.717, 1.165) is 26.2 Å². The lowest BCUT2D eigenvalue weighted by molar-refractivity contribution is 0.144. The molecule has 0 spiro atoms. The van der Waals surface area contributed by atoms with Crippen LogP contribution in [0, 0.1) is 0 Å². The quantitative estimate of drug-likeness (QED) is 0.513. The van der Waals surface area contributed by atoms with Gasteiger partial charge < -0.3 is 25.0 Å². The maximum Gasteiger partial charge on any atom is 0.511 e. The van der Waals surface area contributed by atoms with Crippen LogP contribution in [0.4, 0.5) is 22.2 Å². The minimum absolute atomic E-state index is 0.209. The van der Waals surface area contributed by atoms with Crippen molar-refractivity contribution in [3.8, 4) is 5.75 Å². The van der Waals surface area contributed by atoms with E-state index in [4.69, 9.17) is 9.84 Å². The molecule has 0 saturated carbocycles. The summed E-state index contributed by atoms with van der Waals surface area (Å²) in [6.07, 6.45) is 1.80. The maximum atomic E-state index is 10.8. The van der Waals surface area contributed by atoms with Gasteiger partial charge >= 0.3 is 6.16 Å². The van der Waals surface area contributed by atoms with Gasteiger partial charge in [0.15, 0.2) is 17.0 Å². The van der Waals surface area contributed by atoms with Gasteiger partial charge in [0.2, 0.25) is 5.95 Å². The zero-order valence-corrected chi connectivity index (χ0v) is 15.2. The van der Waals surface area contributed by atoms with E-state index in [1.807, 2.05) is 0 Å². The molecule has 1 saturated heterocycles. The van der Waals surface area contributed by atoms with Crippen molar-refractivity contribution in [2.45, 2.75) is 0 Å². The molecule has 10 nitrogen and oxygen atoms in total. The fourth-order valence-electron chi connectivity index (χ4n) is 2.96. The number of benzene rings is 1. The van der Waals surface area contributed by atoms with Crippen molar-refractivity contribution in [2.75, 3.05) is 43.4 Å². The molecule has 0 radical (unpaired) electrons. The molecule has 0 aliphatic carbocycles. The first-order valence-corrected chi connectivity index (χ1v) is 8.78. The van der Waals surface area contributed by atoms with Crippen LogP contribution < -0.4 is 15.0 Å². The van der Waals surface area contributed by atoms with Crippen molar-refractivity contribution in [2.24, 2.45) is 0 Å². The Kier molecular flexibility index (Phi) is 4.85. The number of rotatable bonds is 4. The Morgan fingerprint density at radius 1 is 1.14 bits per heavy atom. The molecule has 10 heteroatoms. The van der Waals surface area contributed by atoms with Gasteiger partial charge in [0.05, 0.1) is 0 Å². The highest BCUT2D eigenvalue weighted by molar-refractivity contribution is 5.85. The Balaban J connectivity index is 1.68. The van der Waals surface area contributed by atoms with Crippen LogP contribution in [0.3, 0.4) is 0 Å². The number of carboxylic acid groups (broad SMARTS) is 1. The monoisotopic (exact) mass is 381 g/mol. The van der Waals surface area contributed by atoms with Gasteiger partial charge in [0.25, 0.3) is 0 Å². The summed E-state index contributed by atoms with van der Waals surface area (Å²) in [5, 5.41) is 12.0. The zero-order chi connectivity index (χ0) is 19.5. The van der Waals surface area contributed by atoms with Gasteiger partial charge in [0, 0.05) is 50.3 Å². The molecule has 1 fully saturated rings. The van der Waals surface area contributed by atoms with Crippen molar-refractivity contribution in [3.05, 3.63) is 36.7 Å². The van der Waals surface area contributed by atoms with E-state index in [0.29, 0.717) is 28.6 Å². The molecule has 1 aromatic carbocycles. The number of carbonyl (C=O) groups is 1. The van der Waals surface area contributed by atoms with Crippen LogP contribution >= 0.6 is 0 Å². The predicted octanol–water partition coefficient (Wildman–Crippen LogP) is 1.97. The van der Waals surface area contributed by atoms with Gasteiger partial charge in [-0.05, 0) is 19.2 Å². The number of ether oxygens (including phenoxy) is 1. The number of fused-ring (bicyclic) bond motifs is 1. The molecule has 28 heavy (non-hydrogen) atoms. The van der Waals surface area contributed by atoms with E-state index in [2.05, 4.69) is 42.1 Å². The van der Waals surface area contributed by atoms with Gasteiger partial charge in [-0.25, -0.2) is 14.8 Å². The highest BCUT2D eigenvalue weighted by Gasteiger charge is 2.19. The maximum absolute atomic E-state index is 10.8. The number of likely N-dealkylation sites (N-methyl/N-ethyl adjacent to an activating group) is 1. The lowest BCUT2D eigenvalue weighted by Gasteiger charge is -2.32. The molecule has 2 N–H and O–H groups in total. The average molecular weight is 381 g/mol. The third-order valence-electron chi connectivity index (χ3n) is 4.41. The number of nitrogens with zero attached hydrogens (tertiary/aromatic N) is 6. The SMILES string of the molecule is CN1CCN(c2nc(Nc3cccc(OC(=O)O)c3)c3nccnc3n2)CC1. The third-order valence-corrected chi connectivity index (χ3v) is 4.41. The summed E-state index contributed by atoms with van der Waals surface area (Å²) >= 11 is 0. The summed E-state index contributed by atoms with van der Waals surface area (Å²) in [5.74, 6) is 1.29. The number of piperazine rings is 1. The Labute approximate surface area is 160 Å². The van der Waals surface area contributed by atoms with Crippen LogP contribution in [0.25, 0.3) is 11.2 Å². The zero-order valence-electron chi connectivity index (χ0n) is 15.2. The number of nitrogens with one attached hydrogen (secondary N) is 1. The normalized spacial score (nSPS) is 14.8. The van der Waals surface area contributed by atoms with Crippen molar-refractivity contribution < 1.29 is 14.6 Å². The molecule has 0 bridgehead atoms. The Morgan fingerprint density at radius 3 is 2.71 bits per heavy atom. The van der Waals surface area contributed by atoms with Crippen LogP contribution in [-0.4, -0.2) is 69.3 Å². The number of anilines is 3. The molecular formula is C18H19N7O3. The summed E-state index contributed by atoms with van der Waals surface area (Å²) < 4.78 is 4.71. The molecular weight excluding hydrogens is 362 g/mol. The fraction of sp³-hybridized carbons (Fsp3) is 0.278. The first kappa shape index (κ1) is 17.9. The third kappa shape index (κ3) is 3.91. The van der Waals surface area contributed by atoms with Crippen LogP contribution in [0.2, 0.25) is 0 Å². The molecule has 0 unspecified atom stereocenters. The second-order valence-corrected chi connectivity index (χ2v) is 6.41. The summed E-state index contributed by atoms with van der Waals surface area (Å²) in [6.45, 7) is 3.51. The summed E-state index contributed by atoms with van der Waals surface area (Å²) in [7, 11) is 2.09. The van der Waals surface area contributed by atoms with Gasteiger partial charge in [-0.1, -0.05) is 6.07 Å². The molecule has 1 aliphatic rings. The van der Waals surface area contributed by atoms with Gasteiger partial charge in [-0.3, -0.25) is 0 Å². The standard InChI is InChI=1S/C18H19N7O3/c1-24-7-9-25(10-8-24)17-22-15-14(19-5-6-20-15)16(23-17)21-12-3-2-4-13(11-12)28-18(26)27/h2-6,11H,7-10H2,1H3,(H,26,27)(H,20,21,22,23). The molecule has 0 amide bonds. The lowest BCUT2D eigenvalue weighted by Crippen LogP contribution is -2.45. The smallest absolute Gasteiger partial charge is 0.449 e. The summed E-state index contributed by atoms with van der Waals surface area (Å²) in [6, 6.07) is 6.62. The van der Waals surface area contributed by atoms with Gasteiger partial charge in [-0.15, -0.1) is 0 Å². The molecule has 1 aliphatic heterocycles. The Morgan fingerprint density at radius 2 is 1.93 bits per heavy atom. The average Bonchev–Trinajstić information content (AvgIpc) is 2.68. The van der Waals surface area contributed by atoms with E-state index >= 15 is 0 Å². The highest BCUT2D eigenvalue weighted by Crippen LogP contribution is 2.26. The van der Waals surface area contributed by atoms with Crippen LogP contribution in [0.15, 0.2) is 36.7 Å². The van der Waals surface area contributed by atoms with Crippen molar-refractivity contribution in [1.82, 2.24) is 24.8 Å². The van der Waals surface area contributed by atoms with E-state index in [-0.39, 0.29) is 5.75 Å². The Bertz CT molecular complexity index is 1010. The first-order valence-electron chi connectivity index (χ1n) is 8.78. The van der Waals surface area contributed by atoms with Crippen LogP contribution in [0.1, 0.15) is 0 Å². The van der Waals surface area contributed by atoms with Crippen LogP contribution in [0.5, 0.6) is 5.75 Å². The molecule has 3 aromatic rings. The molecule has 2 aromatic heterocycles.